The van der Waals surface area contributed by atoms with Crippen LogP contribution in [0.3, 0.4) is 0 Å². The van der Waals surface area contributed by atoms with Gasteiger partial charge in [-0.1, -0.05) is 6.92 Å². The number of nitrogens with two attached hydrogens (primary N) is 1. The Kier molecular flexibility index (Phi) is 3.87. The predicted octanol–water partition coefficient (Wildman–Crippen LogP) is 1.18. The first kappa shape index (κ1) is 13.6. The predicted molar refractivity (Wildman–Crippen MR) is 63.4 cm³/mol. The molecule has 0 radical (unpaired) electrons. The van der Waals surface area contributed by atoms with Crippen molar-refractivity contribution in [2.24, 2.45) is 12.8 Å². The van der Waals surface area contributed by atoms with E-state index in [0.29, 0.717) is 5.82 Å². The van der Waals surface area contributed by atoms with Gasteiger partial charge < -0.3 is 10.5 Å². The molecule has 6 heteroatoms. The van der Waals surface area contributed by atoms with Gasteiger partial charge in [0.15, 0.2) is 5.82 Å². The highest BCUT2D eigenvalue weighted by Gasteiger charge is 2.24. The maximum absolute atomic E-state index is 11.8. The van der Waals surface area contributed by atoms with Crippen LogP contribution in [-0.4, -0.2) is 26.3 Å². The standard InChI is InChI=1S/C11H20N4O2/c1-6-7(12)8-13-9(15(5)14-8)10(16)17-11(2,3)4/h7H,6,12H2,1-5H3/t7-/m0/s1. The lowest BCUT2D eigenvalue weighted by Gasteiger charge is -2.18. The molecule has 1 aromatic rings. The van der Waals surface area contributed by atoms with E-state index in [1.165, 1.54) is 4.68 Å². The van der Waals surface area contributed by atoms with Crippen molar-refractivity contribution in [1.82, 2.24) is 14.8 Å². The Morgan fingerprint density at radius 1 is 1.53 bits per heavy atom. The van der Waals surface area contributed by atoms with E-state index in [2.05, 4.69) is 10.1 Å². The maximum Gasteiger partial charge on any atom is 0.376 e. The molecule has 1 heterocycles. The van der Waals surface area contributed by atoms with Gasteiger partial charge in [0.05, 0.1) is 6.04 Å². The van der Waals surface area contributed by atoms with E-state index in [-0.39, 0.29) is 11.9 Å². The van der Waals surface area contributed by atoms with E-state index in [4.69, 9.17) is 10.5 Å². The molecule has 6 nitrogen and oxygen atoms in total. The molecule has 2 N–H and O–H groups in total. The molecule has 0 saturated heterocycles. The summed E-state index contributed by atoms with van der Waals surface area (Å²) >= 11 is 0. The normalized spacial score (nSPS) is 13.5. The Labute approximate surface area is 101 Å². The highest BCUT2D eigenvalue weighted by atomic mass is 16.6. The van der Waals surface area contributed by atoms with Gasteiger partial charge in [0.2, 0.25) is 5.82 Å². The van der Waals surface area contributed by atoms with Crippen molar-refractivity contribution >= 4 is 5.97 Å². The van der Waals surface area contributed by atoms with Crippen molar-refractivity contribution in [2.75, 3.05) is 0 Å². The Hall–Kier alpha value is -1.43. The van der Waals surface area contributed by atoms with E-state index in [1.807, 2.05) is 6.92 Å². The van der Waals surface area contributed by atoms with Crippen molar-refractivity contribution in [3.05, 3.63) is 11.6 Å². The third kappa shape index (κ3) is 3.52. The number of carbonyl (C=O) groups excluding carboxylic acids is 1. The van der Waals surface area contributed by atoms with Gasteiger partial charge in [-0.05, 0) is 27.2 Å². The fourth-order valence-corrected chi connectivity index (χ4v) is 1.25. The molecule has 0 spiro atoms. The van der Waals surface area contributed by atoms with Crippen LogP contribution in [0.25, 0.3) is 0 Å². The van der Waals surface area contributed by atoms with E-state index in [0.717, 1.165) is 6.42 Å². The summed E-state index contributed by atoms with van der Waals surface area (Å²) in [5.74, 6) is 0.164. The number of hydrogen-bond acceptors (Lipinski definition) is 5. The topological polar surface area (TPSA) is 83.0 Å². The zero-order valence-corrected chi connectivity index (χ0v) is 11.0. The van der Waals surface area contributed by atoms with Crippen LogP contribution in [0, 0.1) is 0 Å². The molecule has 0 aliphatic rings. The number of carbonyl (C=O) groups is 1. The summed E-state index contributed by atoms with van der Waals surface area (Å²) in [6.07, 6.45) is 0.720. The molecule has 0 unspecified atom stereocenters. The Morgan fingerprint density at radius 3 is 2.59 bits per heavy atom. The lowest BCUT2D eigenvalue weighted by molar-refractivity contribution is 0.00505. The van der Waals surface area contributed by atoms with Crippen LogP contribution in [0.4, 0.5) is 0 Å². The molecular weight excluding hydrogens is 220 g/mol. The molecule has 0 aromatic carbocycles. The number of ether oxygens (including phenoxy) is 1. The van der Waals surface area contributed by atoms with Crippen molar-refractivity contribution in [3.63, 3.8) is 0 Å². The number of aromatic nitrogens is 3. The van der Waals surface area contributed by atoms with E-state index < -0.39 is 11.6 Å². The monoisotopic (exact) mass is 240 g/mol. The van der Waals surface area contributed by atoms with Crippen molar-refractivity contribution in [2.45, 2.75) is 45.8 Å². The molecule has 0 saturated carbocycles. The summed E-state index contributed by atoms with van der Waals surface area (Å²) in [4.78, 5) is 15.9. The number of esters is 1. The number of nitrogens with zero attached hydrogens (tertiary/aromatic N) is 3. The van der Waals surface area contributed by atoms with Crippen LogP contribution in [0.5, 0.6) is 0 Å². The van der Waals surface area contributed by atoms with E-state index in [1.54, 1.807) is 27.8 Å². The Bertz CT molecular complexity index is 406. The van der Waals surface area contributed by atoms with Crippen LogP contribution >= 0.6 is 0 Å². The summed E-state index contributed by atoms with van der Waals surface area (Å²) in [6.45, 7) is 7.36. The molecule has 0 aliphatic heterocycles. The molecule has 0 amide bonds. The molecule has 17 heavy (non-hydrogen) atoms. The highest BCUT2D eigenvalue weighted by Crippen LogP contribution is 2.13. The van der Waals surface area contributed by atoms with Crippen LogP contribution in [0.1, 0.15) is 56.6 Å². The van der Waals surface area contributed by atoms with Crippen molar-refractivity contribution in [3.8, 4) is 0 Å². The fraction of sp³-hybridized carbons (Fsp3) is 0.727. The number of aryl methyl sites for hydroxylation is 1. The van der Waals surface area contributed by atoms with E-state index >= 15 is 0 Å². The average Bonchev–Trinajstić information content (AvgIpc) is 2.56. The quantitative estimate of drug-likeness (QED) is 0.802. The maximum atomic E-state index is 11.8. The minimum Gasteiger partial charge on any atom is -0.454 e. The zero-order chi connectivity index (χ0) is 13.2. The van der Waals surface area contributed by atoms with Crippen LogP contribution in [0.15, 0.2) is 0 Å². The number of rotatable bonds is 3. The van der Waals surface area contributed by atoms with Gasteiger partial charge in [-0.15, -0.1) is 0 Å². The first-order valence-electron chi connectivity index (χ1n) is 5.64. The van der Waals surface area contributed by atoms with Gasteiger partial charge in [0.1, 0.15) is 5.60 Å². The highest BCUT2D eigenvalue weighted by molar-refractivity contribution is 5.85. The molecular formula is C11H20N4O2. The Balaban J connectivity index is 2.92. The first-order valence-corrected chi connectivity index (χ1v) is 5.64. The van der Waals surface area contributed by atoms with E-state index in [9.17, 15) is 4.79 Å². The second-order valence-corrected chi connectivity index (χ2v) is 4.93. The van der Waals surface area contributed by atoms with Gasteiger partial charge >= 0.3 is 5.97 Å². The zero-order valence-electron chi connectivity index (χ0n) is 11.0. The molecule has 0 bridgehead atoms. The van der Waals surface area contributed by atoms with Gasteiger partial charge in [-0.25, -0.2) is 14.5 Å². The minimum absolute atomic E-state index is 0.179. The SMILES string of the molecule is CC[C@H](N)c1nc(C(=O)OC(C)(C)C)n(C)n1. The Morgan fingerprint density at radius 2 is 2.12 bits per heavy atom. The van der Waals surface area contributed by atoms with Crippen molar-refractivity contribution < 1.29 is 9.53 Å². The lowest BCUT2D eigenvalue weighted by atomic mass is 10.2. The van der Waals surface area contributed by atoms with Gasteiger partial charge in [0, 0.05) is 7.05 Å². The lowest BCUT2D eigenvalue weighted by Crippen LogP contribution is -2.25. The molecule has 1 aromatic heterocycles. The molecule has 96 valence electrons. The number of hydrogen-bond donors (Lipinski definition) is 1. The molecule has 0 fully saturated rings. The summed E-state index contributed by atoms with van der Waals surface area (Å²) in [7, 11) is 1.65. The molecule has 0 aliphatic carbocycles. The largest absolute Gasteiger partial charge is 0.454 e. The second kappa shape index (κ2) is 4.83. The van der Waals surface area contributed by atoms with Gasteiger partial charge in [-0.2, -0.15) is 5.10 Å². The minimum atomic E-state index is -0.546. The van der Waals surface area contributed by atoms with Crippen LogP contribution in [-0.2, 0) is 11.8 Å². The summed E-state index contributed by atoms with van der Waals surface area (Å²) in [5, 5.41) is 4.11. The summed E-state index contributed by atoms with van der Waals surface area (Å²) in [6, 6.07) is -0.252. The third-order valence-corrected chi connectivity index (χ3v) is 2.13. The summed E-state index contributed by atoms with van der Waals surface area (Å²) in [5.41, 5.74) is 5.27. The molecule has 1 atom stereocenters. The smallest absolute Gasteiger partial charge is 0.376 e. The average molecular weight is 240 g/mol. The van der Waals surface area contributed by atoms with Crippen LogP contribution in [0.2, 0.25) is 0 Å². The van der Waals surface area contributed by atoms with Crippen molar-refractivity contribution in [1.29, 1.82) is 0 Å². The summed E-state index contributed by atoms with van der Waals surface area (Å²) < 4.78 is 6.63. The third-order valence-electron chi connectivity index (χ3n) is 2.13. The van der Waals surface area contributed by atoms with Crippen LogP contribution < -0.4 is 5.73 Å². The van der Waals surface area contributed by atoms with Gasteiger partial charge in [0.25, 0.3) is 0 Å². The second-order valence-electron chi connectivity index (χ2n) is 4.93. The first-order chi connectivity index (χ1) is 7.74. The molecule has 1 rings (SSSR count). The van der Waals surface area contributed by atoms with Gasteiger partial charge in [-0.3, -0.25) is 0 Å². The fourth-order valence-electron chi connectivity index (χ4n) is 1.25.